The van der Waals surface area contributed by atoms with E-state index in [0.717, 1.165) is 37.5 Å². The number of hydrogen-bond acceptors (Lipinski definition) is 3. The average Bonchev–Trinajstić information content (AvgIpc) is 2.55. The Morgan fingerprint density at radius 3 is 2.56 bits per heavy atom. The Bertz CT molecular complexity index is 675. The summed E-state index contributed by atoms with van der Waals surface area (Å²) < 4.78 is 25.3. The molecule has 0 aromatic heterocycles. The van der Waals surface area contributed by atoms with E-state index < -0.39 is 10.0 Å². The van der Waals surface area contributed by atoms with Gasteiger partial charge in [0.1, 0.15) is 0 Å². The van der Waals surface area contributed by atoms with E-state index in [4.69, 9.17) is 11.6 Å². The van der Waals surface area contributed by atoms with Crippen molar-refractivity contribution in [1.82, 2.24) is 14.9 Å². The Labute approximate surface area is 155 Å². The maximum absolute atomic E-state index is 12.0. The molecule has 0 atom stereocenters. The lowest BCUT2D eigenvalue weighted by atomic mass is 9.96. The third-order valence-electron chi connectivity index (χ3n) is 4.36. The summed E-state index contributed by atoms with van der Waals surface area (Å²) in [5, 5.41) is 6.22. The van der Waals surface area contributed by atoms with Crippen LogP contribution in [0, 0.1) is 0 Å². The fraction of sp³-hybridized carbons (Fsp3) is 0.588. The number of carbonyl (C=O) groups excluding carboxylic acids is 1. The van der Waals surface area contributed by atoms with Crippen molar-refractivity contribution < 1.29 is 13.2 Å². The Kier molecular flexibility index (Phi) is 7.53. The van der Waals surface area contributed by atoms with Crippen LogP contribution in [0.5, 0.6) is 0 Å². The van der Waals surface area contributed by atoms with Crippen LogP contribution in [0.15, 0.2) is 24.3 Å². The number of halogens is 1. The number of nitrogens with zero attached hydrogens (tertiary/aromatic N) is 1. The van der Waals surface area contributed by atoms with Crippen molar-refractivity contribution >= 4 is 27.7 Å². The van der Waals surface area contributed by atoms with E-state index >= 15 is 0 Å². The SMILES string of the molecule is CS(=O)(=O)N(CCNC(=O)NC1CCCCC1)Cc1ccccc1Cl. The third kappa shape index (κ3) is 6.84. The predicted molar refractivity (Wildman–Crippen MR) is 100 cm³/mol. The number of urea groups is 1. The fourth-order valence-electron chi connectivity index (χ4n) is 2.96. The van der Waals surface area contributed by atoms with Gasteiger partial charge in [0, 0.05) is 30.7 Å². The van der Waals surface area contributed by atoms with E-state index in [1.807, 2.05) is 6.07 Å². The largest absolute Gasteiger partial charge is 0.337 e. The minimum Gasteiger partial charge on any atom is -0.337 e. The summed E-state index contributed by atoms with van der Waals surface area (Å²) in [6.45, 7) is 0.628. The van der Waals surface area contributed by atoms with Gasteiger partial charge in [-0.1, -0.05) is 49.1 Å². The van der Waals surface area contributed by atoms with E-state index in [0.29, 0.717) is 5.02 Å². The molecule has 1 fully saturated rings. The number of rotatable bonds is 7. The van der Waals surface area contributed by atoms with Crippen molar-refractivity contribution in [3.05, 3.63) is 34.9 Å². The smallest absolute Gasteiger partial charge is 0.315 e. The van der Waals surface area contributed by atoms with Crippen LogP contribution in [0.2, 0.25) is 5.02 Å². The standard InChI is InChI=1S/C17H26ClN3O3S/c1-25(23,24)21(13-14-7-5-6-10-16(14)18)12-11-19-17(22)20-15-8-3-2-4-9-15/h5-7,10,15H,2-4,8-9,11-13H2,1H3,(H2,19,20,22). The highest BCUT2D eigenvalue weighted by molar-refractivity contribution is 7.88. The zero-order valence-electron chi connectivity index (χ0n) is 14.5. The van der Waals surface area contributed by atoms with Crippen LogP contribution in [-0.4, -0.2) is 44.1 Å². The maximum atomic E-state index is 12.0. The summed E-state index contributed by atoms with van der Waals surface area (Å²) in [6.07, 6.45) is 6.69. The van der Waals surface area contributed by atoms with E-state index in [2.05, 4.69) is 10.6 Å². The molecule has 140 valence electrons. The first-order valence-corrected chi connectivity index (χ1v) is 10.8. The van der Waals surface area contributed by atoms with Crippen LogP contribution in [-0.2, 0) is 16.6 Å². The predicted octanol–water partition coefficient (Wildman–Crippen LogP) is 2.73. The maximum Gasteiger partial charge on any atom is 0.315 e. The van der Waals surface area contributed by atoms with Gasteiger partial charge in [-0.2, -0.15) is 4.31 Å². The van der Waals surface area contributed by atoms with Gasteiger partial charge < -0.3 is 10.6 Å². The Morgan fingerprint density at radius 1 is 1.24 bits per heavy atom. The van der Waals surface area contributed by atoms with Gasteiger partial charge >= 0.3 is 6.03 Å². The lowest BCUT2D eigenvalue weighted by Crippen LogP contribution is -2.45. The Morgan fingerprint density at radius 2 is 1.92 bits per heavy atom. The number of nitrogens with one attached hydrogen (secondary N) is 2. The number of carbonyl (C=O) groups is 1. The molecular formula is C17H26ClN3O3S. The first-order chi connectivity index (χ1) is 11.9. The molecule has 0 saturated heterocycles. The van der Waals surface area contributed by atoms with Gasteiger partial charge in [-0.05, 0) is 24.5 Å². The van der Waals surface area contributed by atoms with E-state index in [1.165, 1.54) is 10.7 Å². The highest BCUT2D eigenvalue weighted by atomic mass is 35.5. The number of hydrogen-bond donors (Lipinski definition) is 2. The summed E-state index contributed by atoms with van der Waals surface area (Å²) in [5.74, 6) is 0. The normalized spacial score (nSPS) is 16.0. The molecule has 0 radical (unpaired) electrons. The van der Waals surface area contributed by atoms with Gasteiger partial charge in [0.05, 0.1) is 6.26 Å². The summed E-state index contributed by atoms with van der Waals surface area (Å²) in [6, 6.07) is 7.13. The van der Waals surface area contributed by atoms with E-state index in [9.17, 15) is 13.2 Å². The molecule has 0 spiro atoms. The lowest BCUT2D eigenvalue weighted by molar-refractivity contribution is 0.231. The van der Waals surface area contributed by atoms with Crippen LogP contribution in [0.1, 0.15) is 37.7 Å². The molecule has 1 saturated carbocycles. The van der Waals surface area contributed by atoms with Crippen molar-refractivity contribution in [3.8, 4) is 0 Å². The third-order valence-corrected chi connectivity index (χ3v) is 5.98. The molecule has 0 heterocycles. The molecule has 6 nitrogen and oxygen atoms in total. The second-order valence-electron chi connectivity index (χ2n) is 6.42. The molecule has 0 unspecified atom stereocenters. The minimum atomic E-state index is -3.40. The number of sulfonamides is 1. The molecule has 25 heavy (non-hydrogen) atoms. The van der Waals surface area contributed by atoms with Crippen molar-refractivity contribution in [2.45, 2.75) is 44.7 Å². The van der Waals surface area contributed by atoms with E-state index in [-0.39, 0.29) is 31.7 Å². The number of amides is 2. The quantitative estimate of drug-likeness (QED) is 0.755. The topological polar surface area (TPSA) is 78.5 Å². The first kappa shape index (κ1) is 20.0. The summed E-state index contributed by atoms with van der Waals surface area (Å²) in [4.78, 5) is 11.9. The average molecular weight is 388 g/mol. The van der Waals surface area contributed by atoms with Crippen LogP contribution in [0.3, 0.4) is 0 Å². The van der Waals surface area contributed by atoms with Gasteiger partial charge in [-0.15, -0.1) is 0 Å². The zero-order chi connectivity index (χ0) is 18.3. The summed E-state index contributed by atoms with van der Waals surface area (Å²) in [5.41, 5.74) is 0.737. The van der Waals surface area contributed by atoms with E-state index in [1.54, 1.807) is 18.2 Å². The molecule has 2 rings (SSSR count). The lowest BCUT2D eigenvalue weighted by Gasteiger charge is -2.24. The Balaban J connectivity index is 1.84. The molecule has 0 aliphatic heterocycles. The summed E-state index contributed by atoms with van der Waals surface area (Å²) in [7, 11) is -3.40. The molecule has 2 N–H and O–H groups in total. The second kappa shape index (κ2) is 9.40. The second-order valence-corrected chi connectivity index (χ2v) is 8.81. The van der Waals surface area contributed by atoms with Crippen LogP contribution in [0.25, 0.3) is 0 Å². The first-order valence-electron chi connectivity index (χ1n) is 8.59. The highest BCUT2D eigenvalue weighted by Gasteiger charge is 2.19. The molecule has 1 aliphatic rings. The minimum absolute atomic E-state index is 0.185. The monoisotopic (exact) mass is 387 g/mol. The molecule has 8 heteroatoms. The molecule has 1 aromatic carbocycles. The Hall–Kier alpha value is -1.31. The van der Waals surface area contributed by atoms with Crippen molar-refractivity contribution in [2.24, 2.45) is 0 Å². The molecule has 2 amide bonds. The molecule has 1 aromatic rings. The van der Waals surface area contributed by atoms with Crippen LogP contribution < -0.4 is 10.6 Å². The van der Waals surface area contributed by atoms with Crippen molar-refractivity contribution in [2.75, 3.05) is 19.3 Å². The van der Waals surface area contributed by atoms with Gasteiger partial charge in [0.25, 0.3) is 0 Å². The van der Waals surface area contributed by atoms with Crippen LogP contribution in [0.4, 0.5) is 4.79 Å². The fourth-order valence-corrected chi connectivity index (χ4v) is 3.95. The molecule has 0 bridgehead atoms. The molecule has 1 aliphatic carbocycles. The highest BCUT2D eigenvalue weighted by Crippen LogP contribution is 2.18. The van der Waals surface area contributed by atoms with Gasteiger partial charge in [0.2, 0.25) is 10.0 Å². The van der Waals surface area contributed by atoms with Crippen LogP contribution >= 0.6 is 11.6 Å². The summed E-state index contributed by atoms with van der Waals surface area (Å²) >= 11 is 6.11. The zero-order valence-corrected chi connectivity index (χ0v) is 16.1. The van der Waals surface area contributed by atoms with Gasteiger partial charge in [0.15, 0.2) is 0 Å². The van der Waals surface area contributed by atoms with Crippen molar-refractivity contribution in [3.63, 3.8) is 0 Å². The van der Waals surface area contributed by atoms with Gasteiger partial charge in [-0.3, -0.25) is 0 Å². The van der Waals surface area contributed by atoms with Gasteiger partial charge in [-0.25, -0.2) is 13.2 Å². The number of benzene rings is 1. The van der Waals surface area contributed by atoms with Crippen molar-refractivity contribution in [1.29, 1.82) is 0 Å². The molecular weight excluding hydrogens is 362 g/mol.